The van der Waals surface area contributed by atoms with Crippen molar-refractivity contribution in [2.45, 2.75) is 0 Å². The van der Waals surface area contributed by atoms with Crippen LogP contribution in [0.25, 0.3) is 0 Å². The normalized spacial score (nSPS) is 10.1. The van der Waals surface area contributed by atoms with Gasteiger partial charge in [0.25, 0.3) is 5.91 Å². The van der Waals surface area contributed by atoms with Crippen LogP contribution >= 0.6 is 23.2 Å². The maximum Gasteiger partial charge on any atom is 0.338 e. The molecule has 2 aromatic rings. The van der Waals surface area contributed by atoms with Crippen LogP contribution in [0.1, 0.15) is 10.4 Å². The fraction of sp³-hybridized carbons (Fsp3) is 0.188. The number of hydrogen-bond donors (Lipinski definition) is 1. The van der Waals surface area contributed by atoms with Gasteiger partial charge in [0.05, 0.1) is 30.5 Å². The van der Waals surface area contributed by atoms with Crippen LogP contribution in [0, 0.1) is 0 Å². The van der Waals surface area contributed by atoms with Crippen LogP contribution in [-0.4, -0.2) is 37.7 Å². The molecular formula is C16H14Cl2N2O5. The van der Waals surface area contributed by atoms with E-state index in [0.29, 0.717) is 11.4 Å². The van der Waals surface area contributed by atoms with E-state index in [-0.39, 0.29) is 21.5 Å². The predicted octanol–water partition coefficient (Wildman–Crippen LogP) is 3.20. The van der Waals surface area contributed by atoms with Crippen molar-refractivity contribution >= 4 is 40.8 Å². The van der Waals surface area contributed by atoms with E-state index in [1.54, 1.807) is 12.1 Å². The minimum absolute atomic E-state index is 0.120. The first-order chi connectivity index (χ1) is 12.0. The Bertz CT molecular complexity index is 798. The quantitative estimate of drug-likeness (QED) is 0.607. The molecule has 0 aliphatic heterocycles. The summed E-state index contributed by atoms with van der Waals surface area (Å²) in [5.41, 5.74) is 0.439. The highest BCUT2D eigenvalue weighted by Crippen LogP contribution is 2.36. The van der Waals surface area contributed by atoms with Gasteiger partial charge in [0.2, 0.25) is 0 Å². The summed E-state index contributed by atoms with van der Waals surface area (Å²) in [7, 11) is 2.84. The number of benzene rings is 1. The summed E-state index contributed by atoms with van der Waals surface area (Å²) in [4.78, 5) is 27.8. The zero-order chi connectivity index (χ0) is 18.4. The lowest BCUT2D eigenvalue weighted by atomic mass is 10.2. The topological polar surface area (TPSA) is 86.8 Å². The van der Waals surface area contributed by atoms with Gasteiger partial charge in [-0.15, -0.1) is 0 Å². The van der Waals surface area contributed by atoms with Crippen molar-refractivity contribution < 1.29 is 23.8 Å². The van der Waals surface area contributed by atoms with Gasteiger partial charge in [-0.25, -0.2) is 9.78 Å². The van der Waals surface area contributed by atoms with Crippen LogP contribution in [0.4, 0.5) is 5.69 Å². The Balaban J connectivity index is 2.01. The number of pyridine rings is 1. The van der Waals surface area contributed by atoms with E-state index in [4.69, 9.17) is 37.4 Å². The summed E-state index contributed by atoms with van der Waals surface area (Å²) in [5, 5.41) is 2.80. The minimum Gasteiger partial charge on any atom is -0.493 e. The van der Waals surface area contributed by atoms with Gasteiger partial charge in [-0.05, 0) is 24.3 Å². The number of aromatic nitrogens is 1. The summed E-state index contributed by atoms with van der Waals surface area (Å²) < 4.78 is 15.2. The van der Waals surface area contributed by atoms with Gasteiger partial charge in [0.1, 0.15) is 0 Å². The first-order valence-electron chi connectivity index (χ1n) is 6.95. The van der Waals surface area contributed by atoms with Gasteiger partial charge in [-0.2, -0.15) is 0 Å². The first kappa shape index (κ1) is 18.8. The Morgan fingerprint density at radius 1 is 1.20 bits per heavy atom. The molecule has 0 unspecified atom stereocenters. The number of methoxy groups -OCH3 is 2. The van der Waals surface area contributed by atoms with Crippen LogP contribution in [0.3, 0.4) is 0 Å². The van der Waals surface area contributed by atoms with Gasteiger partial charge >= 0.3 is 5.97 Å². The molecule has 0 saturated heterocycles. The molecule has 7 nitrogen and oxygen atoms in total. The third kappa shape index (κ3) is 4.74. The molecule has 1 amide bonds. The van der Waals surface area contributed by atoms with E-state index in [9.17, 15) is 9.59 Å². The van der Waals surface area contributed by atoms with E-state index < -0.39 is 18.5 Å². The molecule has 0 saturated carbocycles. The van der Waals surface area contributed by atoms with Crippen molar-refractivity contribution in [3.8, 4) is 11.5 Å². The predicted molar refractivity (Wildman–Crippen MR) is 92.7 cm³/mol. The number of anilines is 1. The molecule has 1 aromatic carbocycles. The molecule has 0 aliphatic carbocycles. The summed E-state index contributed by atoms with van der Waals surface area (Å²) in [6.07, 6.45) is 1.48. The summed E-state index contributed by atoms with van der Waals surface area (Å²) in [5.74, 6) is -0.733. The van der Waals surface area contributed by atoms with Crippen molar-refractivity contribution in [1.29, 1.82) is 0 Å². The zero-order valence-electron chi connectivity index (χ0n) is 13.3. The van der Waals surface area contributed by atoms with Gasteiger partial charge in [0.15, 0.2) is 23.3 Å². The third-order valence-electron chi connectivity index (χ3n) is 3.04. The number of amides is 1. The molecule has 0 bridgehead atoms. The van der Waals surface area contributed by atoms with Gasteiger partial charge in [-0.3, -0.25) is 4.79 Å². The summed E-state index contributed by atoms with van der Waals surface area (Å²) >= 11 is 11.9. The fourth-order valence-electron chi connectivity index (χ4n) is 1.92. The standard InChI is InChI=1S/C16H14Cl2N2O5/c1-23-12-7-9(6-10(17)14(12)24-2)16(22)25-8-13(21)20-11-4-3-5-19-15(11)18/h3-7H,8H2,1-2H3,(H,20,21). The maximum atomic E-state index is 12.1. The van der Waals surface area contributed by atoms with Crippen molar-refractivity contribution in [1.82, 2.24) is 4.98 Å². The number of rotatable bonds is 6. The Labute approximate surface area is 153 Å². The fourth-order valence-corrected chi connectivity index (χ4v) is 2.37. The number of esters is 1. The number of nitrogens with one attached hydrogen (secondary N) is 1. The largest absolute Gasteiger partial charge is 0.493 e. The summed E-state index contributed by atoms with van der Waals surface area (Å²) in [6, 6.07) is 5.95. The second kappa shape index (κ2) is 8.55. The lowest BCUT2D eigenvalue weighted by Gasteiger charge is -2.11. The van der Waals surface area contributed by atoms with Gasteiger partial charge in [-0.1, -0.05) is 23.2 Å². The van der Waals surface area contributed by atoms with Gasteiger partial charge in [0, 0.05) is 6.20 Å². The molecule has 1 aromatic heterocycles. The SMILES string of the molecule is COc1cc(C(=O)OCC(=O)Nc2cccnc2Cl)cc(Cl)c1OC. The van der Waals surface area contributed by atoms with E-state index in [1.807, 2.05) is 0 Å². The smallest absolute Gasteiger partial charge is 0.338 e. The van der Waals surface area contributed by atoms with Crippen LogP contribution in [0.15, 0.2) is 30.5 Å². The van der Waals surface area contributed by atoms with Crippen LogP contribution in [0.5, 0.6) is 11.5 Å². The Kier molecular flexibility index (Phi) is 6.44. The second-order valence-electron chi connectivity index (χ2n) is 4.66. The van der Waals surface area contributed by atoms with Crippen LogP contribution < -0.4 is 14.8 Å². The lowest BCUT2D eigenvalue weighted by molar-refractivity contribution is -0.119. The molecule has 2 rings (SSSR count). The average Bonchev–Trinajstić information content (AvgIpc) is 2.60. The van der Waals surface area contributed by atoms with E-state index in [1.165, 1.54) is 32.5 Å². The van der Waals surface area contributed by atoms with E-state index in [0.717, 1.165) is 0 Å². The lowest BCUT2D eigenvalue weighted by Crippen LogP contribution is -2.21. The number of nitrogens with zero attached hydrogens (tertiary/aromatic N) is 1. The zero-order valence-corrected chi connectivity index (χ0v) is 14.9. The second-order valence-corrected chi connectivity index (χ2v) is 5.42. The molecule has 1 heterocycles. The molecule has 0 radical (unpaired) electrons. The average molecular weight is 385 g/mol. The molecular weight excluding hydrogens is 371 g/mol. The molecule has 25 heavy (non-hydrogen) atoms. The number of ether oxygens (including phenoxy) is 3. The third-order valence-corrected chi connectivity index (χ3v) is 3.62. The molecule has 0 aliphatic rings. The monoisotopic (exact) mass is 384 g/mol. The first-order valence-corrected chi connectivity index (χ1v) is 7.71. The van der Waals surface area contributed by atoms with Crippen LogP contribution in [-0.2, 0) is 9.53 Å². The molecule has 0 atom stereocenters. The molecule has 132 valence electrons. The molecule has 0 fully saturated rings. The summed E-state index contributed by atoms with van der Waals surface area (Å²) in [6.45, 7) is -0.504. The van der Waals surface area contributed by atoms with Crippen molar-refractivity contribution in [2.75, 3.05) is 26.1 Å². The van der Waals surface area contributed by atoms with E-state index >= 15 is 0 Å². The molecule has 9 heteroatoms. The Morgan fingerprint density at radius 2 is 1.96 bits per heavy atom. The minimum atomic E-state index is -0.740. The number of carbonyl (C=O) groups excluding carboxylic acids is 2. The highest BCUT2D eigenvalue weighted by atomic mass is 35.5. The highest BCUT2D eigenvalue weighted by molar-refractivity contribution is 6.33. The molecule has 1 N–H and O–H groups in total. The van der Waals surface area contributed by atoms with Crippen molar-refractivity contribution in [3.63, 3.8) is 0 Å². The number of carbonyl (C=O) groups is 2. The number of hydrogen-bond acceptors (Lipinski definition) is 6. The highest BCUT2D eigenvalue weighted by Gasteiger charge is 2.17. The van der Waals surface area contributed by atoms with E-state index in [2.05, 4.69) is 10.3 Å². The maximum absolute atomic E-state index is 12.1. The Morgan fingerprint density at radius 3 is 2.60 bits per heavy atom. The Hall–Kier alpha value is -2.51. The van der Waals surface area contributed by atoms with Crippen molar-refractivity contribution in [2.24, 2.45) is 0 Å². The number of halogens is 2. The molecule has 0 spiro atoms. The van der Waals surface area contributed by atoms with Crippen molar-refractivity contribution in [3.05, 3.63) is 46.2 Å². The van der Waals surface area contributed by atoms with Gasteiger partial charge < -0.3 is 19.5 Å². The van der Waals surface area contributed by atoms with Crippen LogP contribution in [0.2, 0.25) is 10.2 Å².